The molecule has 0 bridgehead atoms. The van der Waals surface area contributed by atoms with Crippen molar-refractivity contribution in [1.82, 2.24) is 19.5 Å². The minimum absolute atomic E-state index is 0.0369. The summed E-state index contributed by atoms with van der Waals surface area (Å²) in [6.07, 6.45) is 2.99. The zero-order valence-electron chi connectivity index (χ0n) is 17.1. The number of nitro groups is 1. The van der Waals surface area contributed by atoms with E-state index in [0.717, 1.165) is 0 Å². The molecule has 0 unspecified atom stereocenters. The van der Waals surface area contributed by atoms with Crippen LogP contribution in [0.4, 0.5) is 11.5 Å². The number of aromatic nitrogens is 4. The third-order valence-electron chi connectivity index (χ3n) is 5.76. The van der Waals surface area contributed by atoms with Crippen LogP contribution in [0.5, 0.6) is 5.75 Å². The van der Waals surface area contributed by atoms with E-state index in [9.17, 15) is 24.8 Å². The van der Waals surface area contributed by atoms with Crippen molar-refractivity contribution >= 4 is 28.6 Å². The Balaban J connectivity index is 1.91. The maximum Gasteiger partial charge on any atom is 0.311 e. The highest BCUT2D eigenvalue weighted by Gasteiger charge is 2.30. The first-order valence-corrected chi connectivity index (χ1v) is 9.90. The number of methoxy groups -OCH3 is 1. The van der Waals surface area contributed by atoms with Crippen LogP contribution in [-0.2, 0) is 4.79 Å². The van der Waals surface area contributed by atoms with Gasteiger partial charge in [0.25, 0.3) is 5.56 Å². The number of fused-ring (bicyclic) bond motifs is 1. The van der Waals surface area contributed by atoms with Crippen LogP contribution in [-0.4, -0.2) is 42.6 Å². The lowest BCUT2D eigenvalue weighted by Crippen LogP contribution is -2.32. The molecule has 1 aliphatic carbocycles. The molecule has 1 saturated carbocycles. The van der Waals surface area contributed by atoms with E-state index in [1.165, 1.54) is 36.2 Å². The summed E-state index contributed by atoms with van der Waals surface area (Å²) in [5.41, 5.74) is 5.83. The normalized spacial score (nSPS) is 18.4. The quantitative estimate of drug-likeness (QED) is 0.441. The van der Waals surface area contributed by atoms with Gasteiger partial charge in [0.2, 0.25) is 0 Å². The number of carboxylic acid groups (broad SMARTS) is 1. The van der Waals surface area contributed by atoms with Gasteiger partial charge in [-0.1, -0.05) is 0 Å². The fourth-order valence-electron chi connectivity index (χ4n) is 4.12. The molecule has 3 N–H and O–H groups in total. The number of carboxylic acids is 1. The van der Waals surface area contributed by atoms with Crippen molar-refractivity contribution in [2.45, 2.75) is 31.7 Å². The van der Waals surface area contributed by atoms with Crippen LogP contribution in [0, 0.1) is 16.0 Å². The minimum atomic E-state index is -0.854. The van der Waals surface area contributed by atoms with Crippen molar-refractivity contribution in [3.8, 4) is 17.0 Å². The lowest BCUT2D eigenvalue weighted by Gasteiger charge is -2.28. The van der Waals surface area contributed by atoms with Crippen molar-refractivity contribution in [2.24, 2.45) is 5.92 Å². The molecule has 12 nitrogen and oxygen atoms in total. The first kappa shape index (κ1) is 21.2. The van der Waals surface area contributed by atoms with E-state index < -0.39 is 22.4 Å². The summed E-state index contributed by atoms with van der Waals surface area (Å²) in [6, 6.07) is 3.81. The van der Waals surface area contributed by atoms with E-state index in [2.05, 4.69) is 15.0 Å². The van der Waals surface area contributed by atoms with Gasteiger partial charge in [0, 0.05) is 17.7 Å². The molecular formula is C20H20N6O6. The van der Waals surface area contributed by atoms with Gasteiger partial charge in [-0.25, -0.2) is 15.0 Å². The SMILES string of the molecule is COc1ccc(-c2nc3c(N)ncnc3n(C3CCC(C(=O)O)CC3)c2=O)cc1[N+](=O)[O-]. The highest BCUT2D eigenvalue weighted by atomic mass is 16.6. The van der Waals surface area contributed by atoms with Gasteiger partial charge in [-0.05, 0) is 37.8 Å². The number of hydrogen-bond donors (Lipinski definition) is 2. The Hall–Kier alpha value is -4.09. The van der Waals surface area contributed by atoms with E-state index in [0.29, 0.717) is 25.7 Å². The molecule has 32 heavy (non-hydrogen) atoms. The first-order chi connectivity index (χ1) is 15.3. The molecule has 2 aromatic heterocycles. The van der Waals surface area contributed by atoms with Crippen LogP contribution >= 0.6 is 0 Å². The maximum absolute atomic E-state index is 13.5. The summed E-state index contributed by atoms with van der Waals surface area (Å²) >= 11 is 0. The average Bonchev–Trinajstić information content (AvgIpc) is 2.78. The first-order valence-electron chi connectivity index (χ1n) is 9.90. The third-order valence-corrected chi connectivity index (χ3v) is 5.76. The number of nitrogens with zero attached hydrogens (tertiary/aromatic N) is 5. The molecule has 1 aliphatic rings. The Morgan fingerprint density at radius 1 is 1.28 bits per heavy atom. The zero-order valence-corrected chi connectivity index (χ0v) is 17.1. The standard InChI is InChI=1S/C20H20N6O6/c1-32-14-7-4-11(8-13(14)26(30)31)15-19(27)25(12-5-2-10(3-6-12)20(28)29)18-16(24-15)17(21)22-9-23-18/h4,7-10,12H,2-3,5-6H2,1H3,(H,28,29)(H2,21,22,23). The number of anilines is 1. The largest absolute Gasteiger partial charge is 0.490 e. The lowest BCUT2D eigenvalue weighted by molar-refractivity contribution is -0.385. The van der Waals surface area contributed by atoms with Gasteiger partial charge >= 0.3 is 11.7 Å². The van der Waals surface area contributed by atoms with E-state index in [4.69, 9.17) is 10.5 Å². The molecular weight excluding hydrogens is 420 g/mol. The van der Waals surface area contributed by atoms with Crippen molar-refractivity contribution in [2.75, 3.05) is 12.8 Å². The smallest absolute Gasteiger partial charge is 0.311 e. The van der Waals surface area contributed by atoms with Crippen LogP contribution in [0.15, 0.2) is 29.3 Å². The van der Waals surface area contributed by atoms with Crippen LogP contribution in [0.25, 0.3) is 22.4 Å². The number of nitro benzene ring substituents is 1. The van der Waals surface area contributed by atoms with Crippen LogP contribution in [0.3, 0.4) is 0 Å². The van der Waals surface area contributed by atoms with Crippen LogP contribution in [0.2, 0.25) is 0 Å². The number of hydrogen-bond acceptors (Lipinski definition) is 9. The van der Waals surface area contributed by atoms with Crippen molar-refractivity contribution in [3.63, 3.8) is 0 Å². The van der Waals surface area contributed by atoms with Crippen molar-refractivity contribution in [3.05, 3.63) is 45.0 Å². The summed E-state index contributed by atoms with van der Waals surface area (Å²) in [5, 5.41) is 20.7. The Morgan fingerprint density at radius 3 is 2.62 bits per heavy atom. The predicted molar refractivity (Wildman–Crippen MR) is 113 cm³/mol. The number of ether oxygens (including phenoxy) is 1. The van der Waals surface area contributed by atoms with Gasteiger partial charge in [0.05, 0.1) is 18.0 Å². The monoisotopic (exact) mass is 440 g/mol. The summed E-state index contributed by atoms with van der Waals surface area (Å²) in [5.74, 6) is -1.20. The van der Waals surface area contributed by atoms with E-state index in [-0.39, 0.29) is 45.7 Å². The molecule has 166 valence electrons. The van der Waals surface area contributed by atoms with Crippen molar-refractivity contribution in [1.29, 1.82) is 0 Å². The summed E-state index contributed by atoms with van der Waals surface area (Å²) in [7, 11) is 1.31. The van der Waals surface area contributed by atoms with E-state index in [1.54, 1.807) is 0 Å². The average molecular weight is 440 g/mol. The van der Waals surface area contributed by atoms with Gasteiger partial charge in [0.1, 0.15) is 17.5 Å². The lowest BCUT2D eigenvalue weighted by atomic mass is 9.86. The van der Waals surface area contributed by atoms with Gasteiger partial charge in [-0.15, -0.1) is 0 Å². The number of rotatable bonds is 5. The molecule has 3 aromatic rings. The predicted octanol–water partition coefficient (Wildman–Crippen LogP) is 2.17. The topological polar surface area (TPSA) is 176 Å². The Labute approximate surface area is 180 Å². The van der Waals surface area contributed by atoms with Gasteiger partial charge in [-0.3, -0.25) is 24.3 Å². The third kappa shape index (κ3) is 3.59. The molecule has 0 amide bonds. The summed E-state index contributed by atoms with van der Waals surface area (Å²) < 4.78 is 6.49. The minimum Gasteiger partial charge on any atom is -0.490 e. The van der Waals surface area contributed by atoms with Gasteiger partial charge < -0.3 is 15.6 Å². The highest BCUT2D eigenvalue weighted by molar-refractivity contribution is 5.83. The van der Waals surface area contributed by atoms with Gasteiger partial charge in [-0.2, -0.15) is 0 Å². The molecule has 0 atom stereocenters. The van der Waals surface area contributed by atoms with E-state index >= 15 is 0 Å². The Kier molecular flexibility index (Phi) is 5.43. The molecule has 0 saturated heterocycles. The number of benzene rings is 1. The zero-order chi connectivity index (χ0) is 23.0. The van der Waals surface area contributed by atoms with Crippen LogP contribution in [0.1, 0.15) is 31.7 Å². The number of carbonyl (C=O) groups is 1. The maximum atomic E-state index is 13.5. The molecule has 0 aliphatic heterocycles. The summed E-state index contributed by atoms with van der Waals surface area (Å²) in [6.45, 7) is 0. The Bertz CT molecular complexity index is 1280. The van der Waals surface area contributed by atoms with Gasteiger partial charge in [0.15, 0.2) is 17.2 Å². The second-order valence-corrected chi connectivity index (χ2v) is 7.55. The second kappa shape index (κ2) is 8.21. The number of nitrogens with two attached hydrogens (primary N) is 1. The fourth-order valence-corrected chi connectivity index (χ4v) is 4.12. The molecule has 0 radical (unpaired) electrons. The second-order valence-electron chi connectivity index (χ2n) is 7.55. The number of aliphatic carboxylic acids is 1. The molecule has 0 spiro atoms. The van der Waals surface area contributed by atoms with Crippen molar-refractivity contribution < 1.29 is 19.6 Å². The Morgan fingerprint density at radius 2 is 2.00 bits per heavy atom. The molecule has 1 fully saturated rings. The molecule has 2 heterocycles. The molecule has 4 rings (SSSR count). The molecule has 1 aromatic carbocycles. The van der Waals surface area contributed by atoms with Crippen LogP contribution < -0.4 is 16.0 Å². The van der Waals surface area contributed by atoms with E-state index in [1.807, 2.05) is 0 Å². The summed E-state index contributed by atoms with van der Waals surface area (Å²) in [4.78, 5) is 48.2. The number of nitrogen functional groups attached to an aromatic ring is 1. The highest BCUT2D eigenvalue weighted by Crippen LogP contribution is 2.35. The fraction of sp³-hybridized carbons (Fsp3) is 0.350. The molecule has 12 heteroatoms.